The second-order valence-corrected chi connectivity index (χ2v) is 17.3. The van der Waals surface area contributed by atoms with Crippen molar-refractivity contribution < 1.29 is 0 Å². The summed E-state index contributed by atoms with van der Waals surface area (Å²) in [6.45, 7) is 4.71. The summed E-state index contributed by atoms with van der Waals surface area (Å²) in [4.78, 5) is 10.6. The normalized spacial score (nSPS) is 12.7. The van der Waals surface area contributed by atoms with Crippen LogP contribution < -0.4 is 0 Å². The lowest BCUT2D eigenvalue weighted by atomic mass is 9.78. The maximum absolute atomic E-state index is 5.32. The molecule has 0 amide bonds. The fraction of sp³-hybridized carbons (Fsp3) is 0.0492. The molecule has 296 valence electrons. The zero-order chi connectivity index (χ0) is 42.1. The summed E-state index contributed by atoms with van der Waals surface area (Å²) >= 11 is 0. The van der Waals surface area contributed by atoms with Gasteiger partial charge in [0.25, 0.3) is 0 Å². The van der Waals surface area contributed by atoms with Crippen LogP contribution in [0.2, 0.25) is 0 Å². The fourth-order valence-electron chi connectivity index (χ4n) is 10.2. The number of rotatable bonds is 6. The molecule has 10 aromatic carbocycles. The van der Waals surface area contributed by atoms with Crippen LogP contribution in [-0.4, -0.2) is 9.97 Å². The summed E-state index contributed by atoms with van der Waals surface area (Å²) in [5.41, 5.74) is 17.3. The van der Waals surface area contributed by atoms with E-state index in [4.69, 9.17) is 9.97 Å². The van der Waals surface area contributed by atoms with Gasteiger partial charge < -0.3 is 0 Å². The van der Waals surface area contributed by atoms with Crippen molar-refractivity contribution in [2.75, 3.05) is 0 Å². The molecule has 1 aliphatic rings. The molecule has 0 saturated heterocycles. The Morgan fingerprint density at radius 3 is 1.71 bits per heavy atom. The van der Waals surface area contributed by atoms with Crippen molar-refractivity contribution >= 4 is 32.3 Å². The molecule has 0 aliphatic heterocycles. The Morgan fingerprint density at radius 2 is 0.889 bits per heavy atom. The monoisotopic (exact) mass is 802 g/mol. The topological polar surface area (TPSA) is 25.8 Å². The van der Waals surface area contributed by atoms with Gasteiger partial charge in [-0.2, -0.15) is 0 Å². The van der Waals surface area contributed by atoms with Crippen molar-refractivity contribution in [2.24, 2.45) is 0 Å². The van der Waals surface area contributed by atoms with Gasteiger partial charge in [0.2, 0.25) is 0 Å². The zero-order valence-electron chi connectivity index (χ0n) is 35.2. The highest BCUT2D eigenvalue weighted by Gasteiger charge is 2.37. The molecule has 1 aromatic heterocycles. The molecule has 0 saturated carbocycles. The average Bonchev–Trinajstić information content (AvgIpc) is 3.59. The Hall–Kier alpha value is -7.94. The highest BCUT2D eigenvalue weighted by molar-refractivity contribution is 6.20. The molecule has 2 nitrogen and oxygen atoms in total. The fourth-order valence-corrected chi connectivity index (χ4v) is 10.2. The van der Waals surface area contributed by atoms with Crippen LogP contribution in [0, 0.1) is 0 Å². The van der Waals surface area contributed by atoms with Crippen LogP contribution >= 0.6 is 0 Å². The first-order valence-electron chi connectivity index (χ1n) is 21.8. The number of benzene rings is 10. The first-order chi connectivity index (χ1) is 31.0. The average molecular weight is 803 g/mol. The van der Waals surface area contributed by atoms with Gasteiger partial charge in [-0.15, -0.1) is 0 Å². The third-order valence-corrected chi connectivity index (χ3v) is 13.3. The number of aromatic nitrogens is 2. The van der Waals surface area contributed by atoms with Gasteiger partial charge in [-0.05, 0) is 106 Å². The first-order valence-corrected chi connectivity index (χ1v) is 21.8. The lowest BCUT2D eigenvalue weighted by molar-refractivity contribution is 0.662. The summed E-state index contributed by atoms with van der Waals surface area (Å²) in [6.07, 6.45) is 0. The van der Waals surface area contributed by atoms with Crippen molar-refractivity contribution in [3.8, 4) is 78.4 Å². The Kier molecular flexibility index (Phi) is 8.55. The quantitative estimate of drug-likeness (QED) is 0.124. The third-order valence-electron chi connectivity index (χ3n) is 13.3. The SMILES string of the molecule is CC1(C)c2ccccc2-c2cccc(-c3cccc(-c4cc(-c5ccc(-c6c7ccccc7cc7c6ccc6ccccc67)cc5)nc(-c5ccc(-c6ccccc6)cc5)n4)c3)c21. The number of hydrogen-bond acceptors (Lipinski definition) is 2. The molecule has 0 bridgehead atoms. The smallest absolute Gasteiger partial charge is 0.160 e. The van der Waals surface area contributed by atoms with E-state index in [9.17, 15) is 0 Å². The van der Waals surface area contributed by atoms with Crippen molar-refractivity contribution in [1.29, 1.82) is 0 Å². The maximum Gasteiger partial charge on any atom is 0.160 e. The van der Waals surface area contributed by atoms with Gasteiger partial charge in [0, 0.05) is 22.1 Å². The van der Waals surface area contributed by atoms with Crippen molar-refractivity contribution in [3.05, 3.63) is 230 Å². The molecule has 0 N–H and O–H groups in total. The summed E-state index contributed by atoms with van der Waals surface area (Å²) < 4.78 is 0. The van der Waals surface area contributed by atoms with Crippen LogP contribution in [0.15, 0.2) is 218 Å². The molecule has 12 rings (SSSR count). The summed E-state index contributed by atoms with van der Waals surface area (Å²) in [5.74, 6) is 0.695. The van der Waals surface area contributed by atoms with E-state index < -0.39 is 0 Å². The van der Waals surface area contributed by atoms with Crippen LogP contribution in [-0.2, 0) is 5.41 Å². The highest BCUT2D eigenvalue weighted by Crippen LogP contribution is 2.52. The van der Waals surface area contributed by atoms with Gasteiger partial charge in [-0.1, -0.05) is 214 Å². The molecule has 2 heteroatoms. The van der Waals surface area contributed by atoms with E-state index in [0.717, 1.165) is 33.6 Å². The lowest BCUT2D eigenvalue weighted by Crippen LogP contribution is -2.16. The molecular formula is C61H42N2. The maximum atomic E-state index is 5.32. The van der Waals surface area contributed by atoms with E-state index in [-0.39, 0.29) is 5.41 Å². The van der Waals surface area contributed by atoms with E-state index in [2.05, 4.69) is 232 Å². The van der Waals surface area contributed by atoms with Crippen LogP contribution in [0.5, 0.6) is 0 Å². The zero-order valence-corrected chi connectivity index (χ0v) is 35.2. The molecule has 0 fully saturated rings. The summed E-state index contributed by atoms with van der Waals surface area (Å²) in [5, 5.41) is 7.52. The molecule has 0 unspecified atom stereocenters. The predicted molar refractivity (Wildman–Crippen MR) is 265 cm³/mol. The number of hydrogen-bond donors (Lipinski definition) is 0. The van der Waals surface area contributed by atoms with Gasteiger partial charge >= 0.3 is 0 Å². The molecule has 0 atom stereocenters. The van der Waals surface area contributed by atoms with Gasteiger partial charge in [-0.3, -0.25) is 0 Å². The van der Waals surface area contributed by atoms with E-state index in [1.54, 1.807) is 0 Å². The van der Waals surface area contributed by atoms with E-state index in [1.807, 2.05) is 0 Å². The van der Waals surface area contributed by atoms with Crippen molar-refractivity contribution in [2.45, 2.75) is 19.3 Å². The Labute approximate surface area is 367 Å². The number of nitrogens with zero attached hydrogens (tertiary/aromatic N) is 2. The van der Waals surface area contributed by atoms with Gasteiger partial charge in [-0.25, -0.2) is 9.97 Å². The van der Waals surface area contributed by atoms with Crippen LogP contribution in [0.4, 0.5) is 0 Å². The Bertz CT molecular complexity index is 3560. The van der Waals surface area contributed by atoms with Gasteiger partial charge in [0.1, 0.15) is 0 Å². The predicted octanol–water partition coefficient (Wildman–Crippen LogP) is 16.2. The van der Waals surface area contributed by atoms with Crippen LogP contribution in [0.1, 0.15) is 25.0 Å². The summed E-state index contributed by atoms with van der Waals surface area (Å²) in [7, 11) is 0. The minimum Gasteiger partial charge on any atom is -0.228 e. The molecule has 1 heterocycles. The molecule has 1 aliphatic carbocycles. The molecule has 11 aromatic rings. The number of fused-ring (bicyclic) bond motifs is 7. The molecule has 63 heavy (non-hydrogen) atoms. The summed E-state index contributed by atoms with van der Waals surface area (Å²) in [6, 6.07) is 79.1. The molecule has 0 radical (unpaired) electrons. The minimum atomic E-state index is -0.127. The first kappa shape index (κ1) is 36.9. The lowest BCUT2D eigenvalue weighted by Gasteiger charge is -2.24. The highest BCUT2D eigenvalue weighted by atomic mass is 14.9. The Morgan fingerprint density at radius 1 is 0.317 bits per heavy atom. The standard InChI is InChI=1S/C61H42N2/c1-61(2)55-25-11-10-22-51(55)53-24-13-23-50(59(53)61)45-18-12-19-47(36-45)57-38-56(62-60(63-57)44-32-26-40(27-33-44)39-14-4-3-5-15-39)42-28-30-43(31-29-42)58-49-21-9-7-17-46(49)37-54-48-20-8-6-16-41(48)34-35-52(54)58/h3-38H,1-2H3. The van der Waals surface area contributed by atoms with E-state index in [1.165, 1.54) is 82.4 Å². The van der Waals surface area contributed by atoms with Crippen LogP contribution in [0.25, 0.3) is 111 Å². The van der Waals surface area contributed by atoms with Crippen LogP contribution in [0.3, 0.4) is 0 Å². The second kappa shape index (κ2) is 14.6. The molecule has 0 spiro atoms. The largest absolute Gasteiger partial charge is 0.228 e. The third kappa shape index (κ3) is 6.17. The Balaban J connectivity index is 0.991. The van der Waals surface area contributed by atoms with Gasteiger partial charge in [0.15, 0.2) is 5.82 Å². The van der Waals surface area contributed by atoms with Gasteiger partial charge in [0.05, 0.1) is 11.4 Å². The van der Waals surface area contributed by atoms with Crippen molar-refractivity contribution in [3.63, 3.8) is 0 Å². The van der Waals surface area contributed by atoms with Crippen molar-refractivity contribution in [1.82, 2.24) is 9.97 Å². The van der Waals surface area contributed by atoms with E-state index >= 15 is 0 Å². The minimum absolute atomic E-state index is 0.127. The molecular weight excluding hydrogens is 761 g/mol. The second-order valence-electron chi connectivity index (χ2n) is 17.3. The van der Waals surface area contributed by atoms with E-state index in [0.29, 0.717) is 5.82 Å².